The van der Waals surface area contributed by atoms with Crippen LogP contribution in [0.25, 0.3) is 0 Å². The van der Waals surface area contributed by atoms with Crippen LogP contribution in [0.3, 0.4) is 0 Å². The Morgan fingerprint density at radius 2 is 2.20 bits per heavy atom. The number of piperidine rings is 1. The zero-order valence-electron chi connectivity index (χ0n) is 11.1. The Bertz CT molecular complexity index is 602. The van der Waals surface area contributed by atoms with Gasteiger partial charge in [0.1, 0.15) is 11.9 Å². The van der Waals surface area contributed by atoms with E-state index in [2.05, 4.69) is 9.71 Å². The lowest BCUT2D eigenvalue weighted by molar-refractivity contribution is -0.142. The number of carbonyl (C=O) groups is 1. The van der Waals surface area contributed by atoms with Crippen molar-refractivity contribution in [2.75, 3.05) is 11.3 Å². The third kappa shape index (κ3) is 3.26. The van der Waals surface area contributed by atoms with Crippen LogP contribution in [0, 0.1) is 6.92 Å². The average Bonchev–Trinajstić information content (AvgIpc) is 2.38. The lowest BCUT2D eigenvalue weighted by atomic mass is 10.1. The molecule has 1 saturated heterocycles. The lowest BCUT2D eigenvalue weighted by Crippen LogP contribution is -2.50. The van der Waals surface area contributed by atoms with Crippen LogP contribution in [0.1, 0.15) is 25.0 Å². The third-order valence-electron chi connectivity index (χ3n) is 3.17. The van der Waals surface area contributed by atoms with E-state index in [1.807, 2.05) is 0 Å². The van der Waals surface area contributed by atoms with E-state index >= 15 is 0 Å². The van der Waals surface area contributed by atoms with Crippen LogP contribution in [-0.2, 0) is 15.0 Å². The second-order valence-corrected chi connectivity index (χ2v) is 6.36. The van der Waals surface area contributed by atoms with Crippen LogP contribution in [0.5, 0.6) is 0 Å². The second-order valence-electron chi connectivity index (χ2n) is 4.73. The van der Waals surface area contributed by atoms with Crippen molar-refractivity contribution in [3.63, 3.8) is 0 Å². The summed E-state index contributed by atoms with van der Waals surface area (Å²) in [5.41, 5.74) is 0.679. The first-order valence-corrected chi connectivity index (χ1v) is 7.80. The standard InChI is InChI=1S/C12H17N3O4S/c1-9-5-4-7-11(13-9)14-20(18,19)15-8-3-2-6-10(15)12(16)17/h4-5,7,10H,2-3,6,8H2,1H3,(H,13,14)(H,16,17). The monoisotopic (exact) mass is 299 g/mol. The van der Waals surface area contributed by atoms with Gasteiger partial charge < -0.3 is 5.11 Å². The minimum Gasteiger partial charge on any atom is -0.480 e. The number of hydrogen-bond donors (Lipinski definition) is 2. The molecule has 2 N–H and O–H groups in total. The molecule has 1 aromatic heterocycles. The molecule has 0 spiro atoms. The Hall–Kier alpha value is -1.67. The molecule has 1 fully saturated rings. The SMILES string of the molecule is Cc1cccc(NS(=O)(=O)N2CCCCC2C(=O)O)n1. The van der Waals surface area contributed by atoms with Crippen molar-refractivity contribution < 1.29 is 18.3 Å². The fraction of sp³-hybridized carbons (Fsp3) is 0.500. The highest BCUT2D eigenvalue weighted by Crippen LogP contribution is 2.21. The van der Waals surface area contributed by atoms with Gasteiger partial charge >= 0.3 is 16.2 Å². The van der Waals surface area contributed by atoms with Crippen LogP contribution in [-0.4, -0.2) is 41.4 Å². The van der Waals surface area contributed by atoms with Crippen LogP contribution >= 0.6 is 0 Å². The number of hydrogen-bond acceptors (Lipinski definition) is 4. The first kappa shape index (κ1) is 14.7. The van der Waals surface area contributed by atoms with Gasteiger partial charge in [-0.25, -0.2) is 4.98 Å². The smallest absolute Gasteiger partial charge is 0.322 e. The number of aromatic nitrogens is 1. The van der Waals surface area contributed by atoms with Crippen molar-refractivity contribution >= 4 is 22.0 Å². The average molecular weight is 299 g/mol. The summed E-state index contributed by atoms with van der Waals surface area (Å²) >= 11 is 0. The van der Waals surface area contributed by atoms with E-state index in [0.717, 1.165) is 4.31 Å². The molecule has 110 valence electrons. The zero-order chi connectivity index (χ0) is 14.8. The number of carboxylic acid groups (broad SMARTS) is 1. The van der Waals surface area contributed by atoms with Crippen molar-refractivity contribution in [2.45, 2.75) is 32.2 Å². The molecule has 1 unspecified atom stereocenters. The molecule has 0 bridgehead atoms. The lowest BCUT2D eigenvalue weighted by Gasteiger charge is -2.31. The number of aliphatic carboxylic acids is 1. The molecule has 0 saturated carbocycles. The normalized spacial score (nSPS) is 20.6. The zero-order valence-corrected chi connectivity index (χ0v) is 11.9. The van der Waals surface area contributed by atoms with Gasteiger partial charge in [0, 0.05) is 12.2 Å². The molecule has 0 radical (unpaired) electrons. The topological polar surface area (TPSA) is 99.6 Å². The number of nitrogens with one attached hydrogen (secondary N) is 1. The highest BCUT2D eigenvalue weighted by atomic mass is 32.2. The van der Waals surface area contributed by atoms with E-state index in [4.69, 9.17) is 5.11 Å². The molecule has 0 aromatic carbocycles. The molecular formula is C12H17N3O4S. The molecule has 2 rings (SSSR count). The Morgan fingerprint density at radius 3 is 2.85 bits per heavy atom. The molecule has 1 aromatic rings. The molecule has 1 aliphatic rings. The van der Waals surface area contributed by atoms with E-state index < -0.39 is 22.2 Å². The number of rotatable bonds is 4. The summed E-state index contributed by atoms with van der Waals surface area (Å²) in [4.78, 5) is 15.2. The van der Waals surface area contributed by atoms with Crippen LogP contribution < -0.4 is 4.72 Å². The van der Waals surface area contributed by atoms with Gasteiger partial charge in [-0.2, -0.15) is 12.7 Å². The van der Waals surface area contributed by atoms with Gasteiger partial charge in [-0.3, -0.25) is 9.52 Å². The number of aryl methyl sites for hydroxylation is 1. The Kier molecular flexibility index (Phi) is 4.24. The summed E-state index contributed by atoms with van der Waals surface area (Å²) in [5.74, 6) is -0.924. The summed E-state index contributed by atoms with van der Waals surface area (Å²) in [7, 11) is -3.91. The molecule has 20 heavy (non-hydrogen) atoms. The first-order valence-electron chi connectivity index (χ1n) is 6.36. The largest absolute Gasteiger partial charge is 0.480 e. The van der Waals surface area contributed by atoms with Gasteiger partial charge in [0.25, 0.3) is 0 Å². The van der Waals surface area contributed by atoms with E-state index in [1.165, 1.54) is 6.07 Å². The van der Waals surface area contributed by atoms with Crippen molar-refractivity contribution in [2.24, 2.45) is 0 Å². The minimum atomic E-state index is -3.91. The predicted molar refractivity (Wildman–Crippen MR) is 73.5 cm³/mol. The van der Waals surface area contributed by atoms with Crippen molar-refractivity contribution in [1.29, 1.82) is 0 Å². The summed E-state index contributed by atoms with van der Waals surface area (Å²) in [6.45, 7) is 1.96. The molecule has 0 amide bonds. The summed E-state index contributed by atoms with van der Waals surface area (Å²) in [6.07, 6.45) is 1.70. The molecule has 1 atom stereocenters. The third-order valence-corrected chi connectivity index (χ3v) is 4.69. The molecule has 7 nitrogen and oxygen atoms in total. The maximum Gasteiger partial charge on any atom is 0.322 e. The minimum absolute atomic E-state index is 0.194. The van der Waals surface area contributed by atoms with Crippen molar-refractivity contribution in [1.82, 2.24) is 9.29 Å². The second kappa shape index (κ2) is 5.76. The molecule has 1 aliphatic heterocycles. The first-order chi connectivity index (χ1) is 9.40. The van der Waals surface area contributed by atoms with Crippen molar-refractivity contribution in [3.05, 3.63) is 23.9 Å². The number of nitrogens with zero attached hydrogens (tertiary/aromatic N) is 2. The Morgan fingerprint density at radius 1 is 1.45 bits per heavy atom. The van der Waals surface area contributed by atoms with E-state index in [9.17, 15) is 13.2 Å². The van der Waals surface area contributed by atoms with Crippen molar-refractivity contribution in [3.8, 4) is 0 Å². The highest BCUT2D eigenvalue weighted by molar-refractivity contribution is 7.90. The molecular weight excluding hydrogens is 282 g/mol. The fourth-order valence-corrected chi connectivity index (χ4v) is 3.63. The van der Waals surface area contributed by atoms with Gasteiger partial charge in [0.2, 0.25) is 0 Å². The summed E-state index contributed by atoms with van der Waals surface area (Å²) in [5, 5.41) is 9.13. The van der Waals surface area contributed by atoms with E-state index in [0.29, 0.717) is 25.0 Å². The fourth-order valence-electron chi connectivity index (χ4n) is 2.23. The number of pyridine rings is 1. The van der Waals surface area contributed by atoms with Gasteiger partial charge in [0.05, 0.1) is 0 Å². The van der Waals surface area contributed by atoms with Gasteiger partial charge in [-0.15, -0.1) is 0 Å². The highest BCUT2D eigenvalue weighted by Gasteiger charge is 2.36. The number of anilines is 1. The molecule has 2 heterocycles. The van der Waals surface area contributed by atoms with Crippen LogP contribution in [0.15, 0.2) is 18.2 Å². The van der Waals surface area contributed by atoms with Gasteiger partial charge in [0.15, 0.2) is 0 Å². The summed E-state index contributed by atoms with van der Waals surface area (Å²) < 4.78 is 27.9. The molecule has 0 aliphatic carbocycles. The predicted octanol–water partition coefficient (Wildman–Crippen LogP) is 0.986. The van der Waals surface area contributed by atoms with E-state index in [1.54, 1.807) is 19.1 Å². The maximum atomic E-state index is 12.3. The van der Waals surface area contributed by atoms with E-state index in [-0.39, 0.29) is 12.4 Å². The van der Waals surface area contributed by atoms with Gasteiger partial charge in [-0.05, 0) is 38.3 Å². The van der Waals surface area contributed by atoms with Crippen LogP contribution in [0.2, 0.25) is 0 Å². The molecule has 8 heteroatoms. The maximum absolute atomic E-state index is 12.3. The summed E-state index contributed by atoms with van der Waals surface area (Å²) in [6, 6.07) is 3.96. The van der Waals surface area contributed by atoms with Gasteiger partial charge in [-0.1, -0.05) is 6.07 Å². The van der Waals surface area contributed by atoms with Crippen LogP contribution in [0.4, 0.5) is 5.82 Å². The Balaban J connectivity index is 2.22. The number of carboxylic acids is 1. The Labute approximate surface area is 117 Å². The quantitative estimate of drug-likeness (QED) is 0.863.